The number of ether oxygens (including phenoxy) is 2. The summed E-state index contributed by atoms with van der Waals surface area (Å²) in [6, 6.07) is 5.76. The lowest BCUT2D eigenvalue weighted by atomic mass is 9.95. The molecule has 0 radical (unpaired) electrons. The Morgan fingerprint density at radius 3 is 3.04 bits per heavy atom. The van der Waals surface area contributed by atoms with E-state index in [-0.39, 0.29) is 11.8 Å². The molecule has 4 rings (SSSR count). The van der Waals surface area contributed by atoms with Crippen molar-refractivity contribution in [2.24, 2.45) is 5.92 Å². The molecule has 1 atom stereocenters. The molecule has 7 nitrogen and oxygen atoms in total. The predicted octanol–water partition coefficient (Wildman–Crippen LogP) is 1.19. The van der Waals surface area contributed by atoms with E-state index in [4.69, 9.17) is 9.47 Å². The largest absolute Gasteiger partial charge is 0.497 e. The van der Waals surface area contributed by atoms with Crippen molar-refractivity contribution in [3.63, 3.8) is 0 Å². The second kappa shape index (κ2) is 5.81. The van der Waals surface area contributed by atoms with E-state index in [0.717, 1.165) is 35.3 Å². The van der Waals surface area contributed by atoms with E-state index in [1.54, 1.807) is 7.11 Å². The van der Waals surface area contributed by atoms with Crippen LogP contribution in [0.1, 0.15) is 17.2 Å². The Balaban J connectivity index is 1.48. The molecule has 1 aromatic heterocycles. The zero-order valence-electron chi connectivity index (χ0n) is 13.9. The van der Waals surface area contributed by atoms with Crippen LogP contribution in [0, 0.1) is 12.8 Å². The van der Waals surface area contributed by atoms with Crippen LogP contribution in [0.25, 0.3) is 0 Å². The summed E-state index contributed by atoms with van der Waals surface area (Å²) in [7, 11) is 1.63. The van der Waals surface area contributed by atoms with Crippen LogP contribution >= 0.6 is 0 Å². The Morgan fingerprint density at radius 1 is 1.33 bits per heavy atom. The van der Waals surface area contributed by atoms with E-state index in [2.05, 4.69) is 14.8 Å². The van der Waals surface area contributed by atoms with Gasteiger partial charge in [-0.05, 0) is 25.0 Å². The number of nitrogens with zero attached hydrogens (tertiary/aromatic N) is 4. The Bertz CT molecular complexity index is 786. The second-order valence-corrected chi connectivity index (χ2v) is 6.26. The smallest absolute Gasteiger partial charge is 0.229 e. The maximum atomic E-state index is 12.9. The molecular weight excluding hydrogens is 308 g/mol. The van der Waals surface area contributed by atoms with Crippen LogP contribution in [0.4, 0.5) is 0 Å². The van der Waals surface area contributed by atoms with Crippen LogP contribution < -0.4 is 9.47 Å². The number of rotatable bonds is 2. The van der Waals surface area contributed by atoms with Crippen molar-refractivity contribution in [2.75, 3.05) is 20.3 Å². The molecule has 0 unspecified atom stereocenters. The normalized spacial score (nSPS) is 19.2. The minimum atomic E-state index is -0.151. The quantitative estimate of drug-likeness (QED) is 0.828. The maximum absolute atomic E-state index is 12.9. The van der Waals surface area contributed by atoms with Crippen molar-refractivity contribution in [3.05, 3.63) is 35.4 Å². The van der Waals surface area contributed by atoms with E-state index < -0.39 is 0 Å². The van der Waals surface area contributed by atoms with E-state index in [1.807, 2.05) is 30.0 Å². The third-order valence-corrected chi connectivity index (χ3v) is 4.78. The summed E-state index contributed by atoms with van der Waals surface area (Å²) in [5.41, 5.74) is 1.05. The van der Waals surface area contributed by atoms with Gasteiger partial charge in [-0.2, -0.15) is 0 Å². The maximum Gasteiger partial charge on any atom is 0.229 e. The summed E-state index contributed by atoms with van der Waals surface area (Å²) in [5.74, 6) is 3.32. The van der Waals surface area contributed by atoms with Crippen LogP contribution in [0.5, 0.6) is 11.5 Å². The van der Waals surface area contributed by atoms with Gasteiger partial charge in [0.15, 0.2) is 5.82 Å². The monoisotopic (exact) mass is 328 g/mol. The molecule has 0 aliphatic carbocycles. The predicted molar refractivity (Wildman–Crippen MR) is 85.9 cm³/mol. The lowest BCUT2D eigenvalue weighted by Gasteiger charge is -2.32. The lowest BCUT2D eigenvalue weighted by molar-refractivity contribution is -0.138. The molecule has 2 aliphatic heterocycles. The molecule has 126 valence electrons. The van der Waals surface area contributed by atoms with E-state index in [9.17, 15) is 4.79 Å². The standard InChI is InChI=1S/C17H20N4O3/c1-11-18-19-16-9-20(5-6-21(11)16)17(22)13-7-12-3-4-14(23-2)8-15(12)24-10-13/h3-4,8,13H,5-7,9-10H2,1-2H3/t13-/m1/s1. The first-order valence-electron chi connectivity index (χ1n) is 8.13. The van der Waals surface area contributed by atoms with Gasteiger partial charge in [0.1, 0.15) is 23.9 Å². The van der Waals surface area contributed by atoms with E-state index >= 15 is 0 Å². The molecule has 2 aromatic rings. The highest BCUT2D eigenvalue weighted by Gasteiger charge is 2.32. The number of carbonyl (C=O) groups is 1. The summed E-state index contributed by atoms with van der Waals surface area (Å²) in [5, 5.41) is 8.25. The number of hydrogen-bond donors (Lipinski definition) is 0. The molecule has 2 aliphatic rings. The van der Waals surface area contributed by atoms with Gasteiger partial charge in [-0.1, -0.05) is 6.07 Å². The second-order valence-electron chi connectivity index (χ2n) is 6.26. The molecule has 0 fully saturated rings. The van der Waals surface area contributed by atoms with Crippen molar-refractivity contribution < 1.29 is 14.3 Å². The number of hydrogen-bond acceptors (Lipinski definition) is 5. The Labute approximate surface area is 140 Å². The molecular formula is C17H20N4O3. The van der Waals surface area contributed by atoms with Crippen molar-refractivity contribution in [1.82, 2.24) is 19.7 Å². The zero-order chi connectivity index (χ0) is 16.7. The average molecular weight is 328 g/mol. The van der Waals surface area contributed by atoms with Gasteiger partial charge in [-0.15, -0.1) is 10.2 Å². The Hall–Kier alpha value is -2.57. The number of aromatic nitrogens is 3. The average Bonchev–Trinajstić information content (AvgIpc) is 3.00. The lowest BCUT2D eigenvalue weighted by Crippen LogP contribution is -2.44. The number of benzene rings is 1. The molecule has 0 spiro atoms. The van der Waals surface area contributed by atoms with Crippen LogP contribution in [-0.4, -0.2) is 45.8 Å². The number of aryl methyl sites for hydroxylation is 1. The fourth-order valence-corrected chi connectivity index (χ4v) is 3.39. The molecule has 1 amide bonds. The summed E-state index contributed by atoms with van der Waals surface area (Å²) in [6.45, 7) is 4.30. The van der Waals surface area contributed by atoms with Gasteiger partial charge in [0.05, 0.1) is 19.6 Å². The fraction of sp³-hybridized carbons (Fsp3) is 0.471. The third-order valence-electron chi connectivity index (χ3n) is 4.78. The van der Waals surface area contributed by atoms with Gasteiger partial charge >= 0.3 is 0 Å². The highest BCUT2D eigenvalue weighted by molar-refractivity contribution is 5.80. The van der Waals surface area contributed by atoms with E-state index in [0.29, 0.717) is 26.1 Å². The third kappa shape index (κ3) is 2.50. The van der Waals surface area contributed by atoms with Crippen LogP contribution in [0.3, 0.4) is 0 Å². The number of carbonyl (C=O) groups excluding carboxylic acids is 1. The topological polar surface area (TPSA) is 69.5 Å². The summed E-state index contributed by atoms with van der Waals surface area (Å²) in [4.78, 5) is 14.7. The van der Waals surface area contributed by atoms with Crippen LogP contribution in [0.2, 0.25) is 0 Å². The van der Waals surface area contributed by atoms with Gasteiger partial charge in [-0.25, -0.2) is 0 Å². The van der Waals surface area contributed by atoms with Crippen molar-refractivity contribution in [2.45, 2.75) is 26.4 Å². The highest BCUT2D eigenvalue weighted by Crippen LogP contribution is 2.32. The van der Waals surface area contributed by atoms with Gasteiger partial charge in [-0.3, -0.25) is 4.79 Å². The van der Waals surface area contributed by atoms with Crippen LogP contribution in [-0.2, 0) is 24.3 Å². The van der Waals surface area contributed by atoms with E-state index in [1.165, 1.54) is 0 Å². The Kier molecular flexibility index (Phi) is 3.63. The summed E-state index contributed by atoms with van der Waals surface area (Å²) >= 11 is 0. The first kappa shape index (κ1) is 15.0. The summed E-state index contributed by atoms with van der Waals surface area (Å²) < 4.78 is 13.1. The fourth-order valence-electron chi connectivity index (χ4n) is 3.39. The first-order valence-corrected chi connectivity index (χ1v) is 8.13. The summed E-state index contributed by atoms with van der Waals surface area (Å²) in [6.07, 6.45) is 0.695. The molecule has 0 saturated heterocycles. The number of methoxy groups -OCH3 is 1. The number of amides is 1. The Morgan fingerprint density at radius 2 is 2.21 bits per heavy atom. The first-order chi connectivity index (χ1) is 11.7. The van der Waals surface area contributed by atoms with Gasteiger partial charge in [0.2, 0.25) is 5.91 Å². The van der Waals surface area contributed by atoms with Crippen molar-refractivity contribution >= 4 is 5.91 Å². The van der Waals surface area contributed by atoms with Gasteiger partial charge < -0.3 is 18.9 Å². The highest BCUT2D eigenvalue weighted by atomic mass is 16.5. The van der Waals surface area contributed by atoms with Gasteiger partial charge in [0, 0.05) is 19.2 Å². The SMILES string of the molecule is COc1ccc2c(c1)OC[C@H](C(=O)N1CCn3c(C)nnc3C1)C2. The zero-order valence-corrected chi connectivity index (χ0v) is 13.9. The van der Waals surface area contributed by atoms with Crippen molar-refractivity contribution in [3.8, 4) is 11.5 Å². The molecule has 1 aromatic carbocycles. The molecule has 0 bridgehead atoms. The molecule has 7 heteroatoms. The molecule has 24 heavy (non-hydrogen) atoms. The minimum Gasteiger partial charge on any atom is -0.497 e. The van der Waals surface area contributed by atoms with Gasteiger partial charge in [0.25, 0.3) is 0 Å². The number of fused-ring (bicyclic) bond motifs is 2. The van der Waals surface area contributed by atoms with Crippen molar-refractivity contribution in [1.29, 1.82) is 0 Å². The van der Waals surface area contributed by atoms with Crippen LogP contribution in [0.15, 0.2) is 18.2 Å². The molecule has 0 N–H and O–H groups in total. The molecule has 3 heterocycles. The molecule has 0 saturated carbocycles. The minimum absolute atomic E-state index is 0.128.